The Morgan fingerprint density at radius 1 is 1.71 bits per heavy atom. The van der Waals surface area contributed by atoms with Crippen molar-refractivity contribution in [3.63, 3.8) is 0 Å². The Balaban J connectivity index is 2.30. The molecule has 1 saturated carbocycles. The van der Waals surface area contributed by atoms with E-state index < -0.39 is 5.97 Å². The molecule has 0 saturated heterocycles. The number of imidazole rings is 1. The predicted molar refractivity (Wildman–Crippen MR) is 54.4 cm³/mol. The van der Waals surface area contributed by atoms with Gasteiger partial charge >= 0.3 is 5.97 Å². The molecule has 1 atom stereocenters. The van der Waals surface area contributed by atoms with Gasteiger partial charge in [0.05, 0.1) is 0 Å². The van der Waals surface area contributed by atoms with Gasteiger partial charge in [0.1, 0.15) is 10.4 Å². The van der Waals surface area contributed by atoms with E-state index in [1.165, 1.54) is 0 Å². The van der Waals surface area contributed by atoms with Crippen LogP contribution in [0.3, 0.4) is 0 Å². The maximum Gasteiger partial charge on any atom is 0.357 e. The Bertz CT molecular complexity index is 398. The van der Waals surface area contributed by atoms with Gasteiger partial charge < -0.3 is 10.1 Å². The van der Waals surface area contributed by atoms with Crippen molar-refractivity contribution in [2.45, 2.75) is 26.2 Å². The fraction of sp³-hybridized carbons (Fsp3) is 0.556. The third kappa shape index (κ3) is 1.45. The summed E-state index contributed by atoms with van der Waals surface area (Å²) in [6.45, 7) is 4.29. The molecule has 0 radical (unpaired) electrons. The molecule has 1 fully saturated rings. The van der Waals surface area contributed by atoms with Crippen molar-refractivity contribution in [1.29, 1.82) is 0 Å². The second-order valence-corrected chi connectivity index (χ2v) is 5.13. The molecule has 1 aromatic rings. The van der Waals surface area contributed by atoms with E-state index in [0.29, 0.717) is 10.5 Å². The fourth-order valence-corrected chi connectivity index (χ4v) is 2.07. The number of nitrogens with one attached hydrogen (secondary N) is 1. The number of aromatic nitrogens is 2. The van der Waals surface area contributed by atoms with Gasteiger partial charge in [-0.3, -0.25) is 0 Å². The van der Waals surface area contributed by atoms with Crippen molar-refractivity contribution in [2.24, 2.45) is 5.41 Å². The van der Waals surface area contributed by atoms with Crippen LogP contribution < -0.4 is 0 Å². The molecule has 1 aliphatic rings. The number of aromatic amines is 1. The van der Waals surface area contributed by atoms with Crippen LogP contribution in [0.5, 0.6) is 0 Å². The molecule has 5 heteroatoms. The van der Waals surface area contributed by atoms with Crippen LogP contribution in [0.15, 0.2) is 4.60 Å². The first-order valence-electron chi connectivity index (χ1n) is 4.40. The van der Waals surface area contributed by atoms with Gasteiger partial charge in [0.2, 0.25) is 0 Å². The number of hydrogen-bond donors (Lipinski definition) is 2. The van der Waals surface area contributed by atoms with Gasteiger partial charge in [0.15, 0.2) is 5.69 Å². The Labute approximate surface area is 89.9 Å². The molecule has 1 heterocycles. The van der Waals surface area contributed by atoms with Crippen molar-refractivity contribution in [3.05, 3.63) is 16.1 Å². The molecule has 0 amide bonds. The molecule has 0 aromatic carbocycles. The second kappa shape index (κ2) is 2.82. The Morgan fingerprint density at radius 3 is 2.64 bits per heavy atom. The summed E-state index contributed by atoms with van der Waals surface area (Å²) in [4.78, 5) is 17.8. The van der Waals surface area contributed by atoms with Crippen molar-refractivity contribution in [3.8, 4) is 0 Å². The zero-order valence-corrected chi connectivity index (χ0v) is 9.55. The van der Waals surface area contributed by atoms with Crippen molar-refractivity contribution in [1.82, 2.24) is 9.97 Å². The highest BCUT2D eigenvalue weighted by Crippen LogP contribution is 2.57. The number of aromatic carboxylic acids is 1. The lowest BCUT2D eigenvalue weighted by Crippen LogP contribution is -1.98. The van der Waals surface area contributed by atoms with E-state index in [-0.39, 0.29) is 11.1 Å². The summed E-state index contributed by atoms with van der Waals surface area (Å²) in [5, 5.41) is 8.80. The van der Waals surface area contributed by atoms with E-state index in [1.807, 2.05) is 0 Å². The number of carboxylic acid groups (broad SMARTS) is 1. The molecule has 0 bridgehead atoms. The zero-order valence-electron chi connectivity index (χ0n) is 7.97. The number of nitrogens with zero attached hydrogens (tertiary/aromatic N) is 1. The molecule has 2 rings (SSSR count). The lowest BCUT2D eigenvalue weighted by molar-refractivity contribution is 0.0690. The van der Waals surface area contributed by atoms with Gasteiger partial charge in [-0.1, -0.05) is 13.8 Å². The van der Waals surface area contributed by atoms with E-state index in [1.54, 1.807) is 0 Å². The summed E-state index contributed by atoms with van der Waals surface area (Å²) < 4.78 is 0.461. The van der Waals surface area contributed by atoms with Crippen LogP contribution in [0.25, 0.3) is 0 Å². The standard InChI is InChI=1S/C9H11BrN2O2/c1-9(2)3-4(9)7-11-5(8(13)14)6(10)12-7/h4H,3H2,1-2H3,(H,11,12)(H,13,14). The predicted octanol–water partition coefficient (Wildman–Crippen LogP) is 2.38. The summed E-state index contributed by atoms with van der Waals surface area (Å²) in [7, 11) is 0. The van der Waals surface area contributed by atoms with Crippen LogP contribution in [0.4, 0.5) is 0 Å². The van der Waals surface area contributed by atoms with Gasteiger partial charge in [-0.15, -0.1) is 0 Å². The number of H-pyrrole nitrogens is 1. The molecule has 1 aliphatic carbocycles. The maximum absolute atomic E-state index is 10.7. The van der Waals surface area contributed by atoms with Crippen LogP contribution in [-0.4, -0.2) is 21.0 Å². The second-order valence-electron chi connectivity index (χ2n) is 4.34. The Morgan fingerprint density at radius 2 is 2.29 bits per heavy atom. The van der Waals surface area contributed by atoms with E-state index in [0.717, 1.165) is 12.2 Å². The molecule has 4 nitrogen and oxygen atoms in total. The molecular weight excluding hydrogens is 248 g/mol. The average molecular weight is 259 g/mol. The van der Waals surface area contributed by atoms with Gasteiger partial charge in [0, 0.05) is 5.92 Å². The zero-order chi connectivity index (χ0) is 10.5. The largest absolute Gasteiger partial charge is 0.476 e. The molecule has 2 N–H and O–H groups in total. The van der Waals surface area contributed by atoms with Gasteiger partial charge in [-0.25, -0.2) is 9.78 Å². The molecule has 0 spiro atoms. The summed E-state index contributed by atoms with van der Waals surface area (Å²) in [6.07, 6.45) is 1.06. The lowest BCUT2D eigenvalue weighted by atomic mass is 10.1. The minimum atomic E-state index is -1.00. The summed E-state index contributed by atoms with van der Waals surface area (Å²) in [5.74, 6) is 0.143. The normalized spacial score (nSPS) is 23.5. The van der Waals surface area contributed by atoms with Crippen LogP contribution in [0.2, 0.25) is 0 Å². The van der Waals surface area contributed by atoms with Gasteiger partial charge in [0.25, 0.3) is 0 Å². The van der Waals surface area contributed by atoms with Crippen LogP contribution in [-0.2, 0) is 0 Å². The SMILES string of the molecule is CC1(C)CC1c1nc(C(=O)O)c(Br)[nH]1. The van der Waals surface area contributed by atoms with Crippen molar-refractivity contribution < 1.29 is 9.90 Å². The Hall–Kier alpha value is -0.840. The first kappa shape index (κ1) is 9.71. The first-order chi connectivity index (χ1) is 6.42. The molecule has 1 unspecified atom stereocenters. The van der Waals surface area contributed by atoms with Crippen molar-refractivity contribution >= 4 is 21.9 Å². The number of rotatable bonds is 2. The highest BCUT2D eigenvalue weighted by atomic mass is 79.9. The monoisotopic (exact) mass is 258 g/mol. The van der Waals surface area contributed by atoms with Crippen LogP contribution in [0, 0.1) is 5.41 Å². The van der Waals surface area contributed by atoms with E-state index >= 15 is 0 Å². The number of hydrogen-bond acceptors (Lipinski definition) is 2. The third-order valence-corrected chi connectivity index (χ3v) is 3.30. The molecule has 1 aromatic heterocycles. The van der Waals surface area contributed by atoms with E-state index in [2.05, 4.69) is 39.7 Å². The fourth-order valence-electron chi connectivity index (χ4n) is 1.61. The number of carbonyl (C=O) groups is 1. The summed E-state index contributed by atoms with van der Waals surface area (Å²) in [5.41, 5.74) is 0.329. The highest BCUT2D eigenvalue weighted by molar-refractivity contribution is 9.10. The highest BCUT2D eigenvalue weighted by Gasteiger charge is 2.48. The summed E-state index contributed by atoms with van der Waals surface area (Å²) >= 11 is 3.15. The molecule has 14 heavy (non-hydrogen) atoms. The van der Waals surface area contributed by atoms with E-state index in [4.69, 9.17) is 5.11 Å². The van der Waals surface area contributed by atoms with Gasteiger partial charge in [-0.2, -0.15) is 0 Å². The molecule has 76 valence electrons. The van der Waals surface area contributed by atoms with Crippen molar-refractivity contribution in [2.75, 3.05) is 0 Å². The molecule has 0 aliphatic heterocycles. The van der Waals surface area contributed by atoms with Crippen LogP contribution >= 0.6 is 15.9 Å². The third-order valence-electron chi connectivity index (χ3n) is 2.72. The van der Waals surface area contributed by atoms with Gasteiger partial charge in [-0.05, 0) is 27.8 Å². The average Bonchev–Trinajstić information content (AvgIpc) is 2.54. The molecular formula is C9H11BrN2O2. The first-order valence-corrected chi connectivity index (χ1v) is 5.20. The maximum atomic E-state index is 10.7. The smallest absolute Gasteiger partial charge is 0.357 e. The Kier molecular flexibility index (Phi) is 1.96. The summed E-state index contributed by atoms with van der Waals surface area (Å²) in [6, 6.07) is 0. The van der Waals surface area contributed by atoms with E-state index in [9.17, 15) is 4.79 Å². The minimum absolute atomic E-state index is 0.0719. The van der Waals surface area contributed by atoms with Crippen LogP contribution in [0.1, 0.15) is 42.5 Å². The quantitative estimate of drug-likeness (QED) is 0.856. The topological polar surface area (TPSA) is 66.0 Å². The number of halogens is 1. The number of carboxylic acids is 1. The minimum Gasteiger partial charge on any atom is -0.476 e. The lowest BCUT2D eigenvalue weighted by Gasteiger charge is -1.97.